The fraction of sp³-hybridized carbons (Fsp3) is 0.531. The van der Waals surface area contributed by atoms with Crippen LogP contribution in [0.15, 0.2) is 54.6 Å². The van der Waals surface area contributed by atoms with E-state index < -0.39 is 0 Å². The van der Waals surface area contributed by atoms with E-state index in [2.05, 4.69) is 62.4 Å². The highest BCUT2D eigenvalue weighted by Gasteiger charge is 2.14. The number of ketones is 1. The van der Waals surface area contributed by atoms with Crippen molar-refractivity contribution in [1.82, 2.24) is 15.6 Å². The van der Waals surface area contributed by atoms with Gasteiger partial charge in [0.15, 0.2) is 5.01 Å². The van der Waals surface area contributed by atoms with Crippen molar-refractivity contribution in [1.29, 1.82) is 0 Å². The number of carbonyl (C=O) groups excluding carboxylic acids is 2. The number of nitrogens with one attached hydrogen (secondary N) is 2. The van der Waals surface area contributed by atoms with Gasteiger partial charge in [-0.05, 0) is 45.0 Å². The highest BCUT2D eigenvalue weighted by Crippen LogP contribution is 2.21. The van der Waals surface area contributed by atoms with Crippen molar-refractivity contribution in [3.63, 3.8) is 0 Å². The number of thioether (sulfide) groups is 1. The van der Waals surface area contributed by atoms with Crippen LogP contribution in [0, 0.1) is 6.92 Å². The molecule has 0 fully saturated rings. The zero-order chi connectivity index (χ0) is 30.6. The third-order valence-corrected chi connectivity index (χ3v) is 7.93. The Labute approximate surface area is 252 Å². The number of fused-ring (bicyclic) bond motifs is 1. The molecule has 0 saturated carbocycles. The number of aromatic nitrogens is 1. The fourth-order valence-corrected chi connectivity index (χ4v) is 4.98. The Morgan fingerprint density at radius 3 is 2.15 bits per heavy atom. The predicted octanol–water partition coefficient (Wildman–Crippen LogP) is 7.16. The molecule has 3 aromatic rings. The molecule has 8 heteroatoms. The van der Waals surface area contributed by atoms with Crippen molar-refractivity contribution < 1.29 is 9.59 Å². The maximum atomic E-state index is 12.3. The third-order valence-electron chi connectivity index (χ3n) is 5.36. The minimum absolute atomic E-state index is 0.0704. The molecule has 2 atom stereocenters. The van der Waals surface area contributed by atoms with Gasteiger partial charge < -0.3 is 21.2 Å². The molecule has 1 unspecified atom stereocenters. The average Bonchev–Trinajstić information content (AvgIpc) is 3.44. The van der Waals surface area contributed by atoms with Gasteiger partial charge in [0, 0.05) is 23.6 Å². The largest absolute Gasteiger partial charge is 0.330 e. The second kappa shape index (κ2) is 28.4. The molecule has 3 rings (SSSR count). The van der Waals surface area contributed by atoms with Crippen LogP contribution in [-0.2, 0) is 4.79 Å². The van der Waals surface area contributed by atoms with Gasteiger partial charge in [-0.25, -0.2) is 4.98 Å². The van der Waals surface area contributed by atoms with E-state index in [0.717, 1.165) is 35.6 Å². The van der Waals surface area contributed by atoms with Gasteiger partial charge in [0.25, 0.3) is 0 Å². The molecule has 0 aliphatic heterocycles. The number of Topliss-reactive ketones (excluding diaryl/α,β-unsaturated/α-hetero) is 1. The summed E-state index contributed by atoms with van der Waals surface area (Å²) < 4.78 is 1.07. The molecule has 2 aromatic carbocycles. The number of para-hydroxylation sites is 1. The third kappa shape index (κ3) is 19.9. The molecule has 1 heterocycles. The fourth-order valence-electron chi connectivity index (χ4n) is 3.04. The van der Waals surface area contributed by atoms with Crippen LogP contribution >= 0.6 is 23.1 Å². The molecular weight excluding hydrogens is 537 g/mol. The summed E-state index contributed by atoms with van der Waals surface area (Å²) in [6.07, 6.45) is 3.57. The summed E-state index contributed by atoms with van der Waals surface area (Å²) in [5, 5.41) is 8.06. The molecule has 0 amide bonds. The lowest BCUT2D eigenvalue weighted by Crippen LogP contribution is -2.42. The van der Waals surface area contributed by atoms with Gasteiger partial charge in [-0.1, -0.05) is 96.0 Å². The van der Waals surface area contributed by atoms with E-state index in [4.69, 9.17) is 10.5 Å². The predicted molar refractivity (Wildman–Crippen MR) is 180 cm³/mol. The summed E-state index contributed by atoms with van der Waals surface area (Å²) in [6, 6.07) is 18.5. The summed E-state index contributed by atoms with van der Waals surface area (Å²) in [4.78, 5) is 24.8. The number of rotatable bonds is 13. The van der Waals surface area contributed by atoms with Gasteiger partial charge in [0.1, 0.15) is 6.79 Å². The van der Waals surface area contributed by atoms with Crippen LogP contribution in [0.4, 0.5) is 0 Å². The number of hydrogen-bond acceptors (Lipinski definition) is 8. The van der Waals surface area contributed by atoms with Crippen LogP contribution in [0.3, 0.4) is 0 Å². The number of nitrogens with two attached hydrogens (primary N) is 1. The molecule has 1 aromatic heterocycles. The quantitative estimate of drug-likeness (QED) is 0.182. The lowest BCUT2D eigenvalue weighted by Gasteiger charge is -2.19. The highest BCUT2D eigenvalue weighted by atomic mass is 32.2. The second-order valence-electron chi connectivity index (χ2n) is 8.64. The molecule has 0 spiro atoms. The Morgan fingerprint density at radius 2 is 1.68 bits per heavy atom. The molecule has 40 heavy (non-hydrogen) atoms. The second-order valence-corrected chi connectivity index (χ2v) is 11.1. The van der Waals surface area contributed by atoms with Crippen molar-refractivity contribution in [2.75, 3.05) is 31.9 Å². The minimum Gasteiger partial charge on any atom is -0.330 e. The Morgan fingerprint density at radius 1 is 1.05 bits per heavy atom. The van der Waals surface area contributed by atoms with Crippen LogP contribution in [0.2, 0.25) is 0 Å². The maximum absolute atomic E-state index is 12.3. The standard InChI is InChI=1S/C18H27N3OS2.C7H8.C4H11N.C2H6.CH2O/c1-4-13(3)23-12-14(20-5-2)10-19-11-16(22)18-21-15-8-6-7-9-17(15)24-18;1-7-5-3-2-4-6-7;1-2-3-4-5;2*1-2/h6-9,13-14,19-20H,4-5,10-12H2,1-3H3;2-6H,1H3;2-5H2,1H3;1-2H3;1H2/t13-,14?;;;;/m0..../s1. The molecule has 6 nitrogen and oxygen atoms in total. The van der Waals surface area contributed by atoms with E-state index in [1.54, 1.807) is 0 Å². The van der Waals surface area contributed by atoms with E-state index in [1.807, 2.05) is 74.9 Å². The first kappa shape index (κ1) is 40.0. The SMILES string of the molecule is C=O.CC.CCCCN.CCNC(CNCC(=O)c1nc2ccccc2s1)CS[C@@H](C)CC.Cc1ccccc1. The van der Waals surface area contributed by atoms with Crippen molar-refractivity contribution in [3.05, 3.63) is 65.2 Å². The number of likely N-dealkylation sites (N-methyl/N-ethyl adjacent to an activating group) is 1. The molecule has 226 valence electrons. The highest BCUT2D eigenvalue weighted by molar-refractivity contribution is 7.99. The molecule has 0 aliphatic rings. The number of aryl methyl sites for hydroxylation is 1. The summed E-state index contributed by atoms with van der Waals surface area (Å²) >= 11 is 3.46. The van der Waals surface area contributed by atoms with Crippen LogP contribution in [0.25, 0.3) is 10.2 Å². The number of nitrogens with zero attached hydrogens (tertiary/aromatic N) is 1. The van der Waals surface area contributed by atoms with Gasteiger partial charge in [0.05, 0.1) is 16.8 Å². The molecule has 0 saturated heterocycles. The van der Waals surface area contributed by atoms with E-state index in [1.165, 1.54) is 36.2 Å². The van der Waals surface area contributed by atoms with Crippen LogP contribution < -0.4 is 16.4 Å². The Balaban J connectivity index is 0. The van der Waals surface area contributed by atoms with Crippen molar-refractivity contribution in [2.24, 2.45) is 5.73 Å². The van der Waals surface area contributed by atoms with Crippen molar-refractivity contribution in [2.45, 2.75) is 79.0 Å². The van der Waals surface area contributed by atoms with E-state index >= 15 is 0 Å². The lowest BCUT2D eigenvalue weighted by molar-refractivity contribution is -0.0980. The first-order chi connectivity index (χ1) is 19.4. The zero-order valence-electron chi connectivity index (χ0n) is 25.9. The molecule has 4 N–H and O–H groups in total. The molecule has 0 aliphatic carbocycles. The molecule has 0 radical (unpaired) electrons. The maximum Gasteiger partial charge on any atom is 0.205 e. The smallest absolute Gasteiger partial charge is 0.205 e. The zero-order valence-corrected chi connectivity index (χ0v) is 27.5. The molecular formula is C32H54N4O2S2. The lowest BCUT2D eigenvalue weighted by atomic mass is 10.2. The Bertz CT molecular complexity index is 935. The first-order valence-corrected chi connectivity index (χ1v) is 16.3. The summed E-state index contributed by atoms with van der Waals surface area (Å²) in [6.45, 7) is 19.7. The number of benzene rings is 2. The van der Waals surface area contributed by atoms with Gasteiger partial charge in [-0.15, -0.1) is 11.3 Å². The van der Waals surface area contributed by atoms with E-state index in [-0.39, 0.29) is 5.78 Å². The van der Waals surface area contributed by atoms with E-state index in [9.17, 15) is 4.79 Å². The Hall–Kier alpha value is -2.10. The Kier molecular flexibility index (Phi) is 28.5. The monoisotopic (exact) mass is 590 g/mol. The van der Waals surface area contributed by atoms with Crippen LogP contribution in [-0.4, -0.2) is 60.8 Å². The summed E-state index contributed by atoms with van der Waals surface area (Å²) in [5.74, 6) is 1.13. The van der Waals surface area contributed by atoms with Gasteiger partial charge >= 0.3 is 0 Å². The number of unbranched alkanes of at least 4 members (excludes halogenated alkanes) is 1. The summed E-state index contributed by atoms with van der Waals surface area (Å²) in [5.41, 5.74) is 7.36. The van der Waals surface area contributed by atoms with Crippen molar-refractivity contribution >= 4 is 45.9 Å². The van der Waals surface area contributed by atoms with Crippen LogP contribution in [0.5, 0.6) is 0 Å². The normalized spacial score (nSPS) is 11.2. The van der Waals surface area contributed by atoms with E-state index in [0.29, 0.717) is 22.8 Å². The van der Waals surface area contributed by atoms with Crippen LogP contribution in [0.1, 0.15) is 76.2 Å². The van der Waals surface area contributed by atoms with Gasteiger partial charge in [-0.3, -0.25) is 4.79 Å². The van der Waals surface area contributed by atoms with Gasteiger partial charge in [0.2, 0.25) is 5.78 Å². The number of thiazole rings is 1. The number of hydrogen-bond donors (Lipinski definition) is 3. The number of carbonyl (C=O) groups is 2. The average molecular weight is 591 g/mol. The topological polar surface area (TPSA) is 97.1 Å². The minimum atomic E-state index is 0.0704. The van der Waals surface area contributed by atoms with Crippen molar-refractivity contribution in [3.8, 4) is 0 Å². The first-order valence-electron chi connectivity index (χ1n) is 14.4. The van der Waals surface area contributed by atoms with Gasteiger partial charge in [-0.2, -0.15) is 11.8 Å². The molecule has 0 bridgehead atoms. The summed E-state index contributed by atoms with van der Waals surface area (Å²) in [7, 11) is 0.